The van der Waals surface area contributed by atoms with Crippen LogP contribution >= 0.6 is 0 Å². The van der Waals surface area contributed by atoms with E-state index in [4.69, 9.17) is 0 Å². The zero-order chi connectivity index (χ0) is 16.9. The highest BCUT2D eigenvalue weighted by atomic mass is 19.1. The van der Waals surface area contributed by atoms with Gasteiger partial charge in [-0.3, -0.25) is 4.79 Å². The molecule has 24 heavy (non-hydrogen) atoms. The van der Waals surface area contributed by atoms with Gasteiger partial charge < -0.3 is 5.32 Å². The first kappa shape index (κ1) is 15.8. The lowest BCUT2D eigenvalue weighted by atomic mass is 10.1. The Morgan fingerprint density at radius 2 is 1.88 bits per heavy atom. The Morgan fingerprint density at radius 1 is 1.17 bits per heavy atom. The molecule has 0 unspecified atom stereocenters. The van der Waals surface area contributed by atoms with Gasteiger partial charge in [-0.15, -0.1) is 10.2 Å². The van der Waals surface area contributed by atoms with Crippen molar-refractivity contribution in [1.82, 2.24) is 25.5 Å². The summed E-state index contributed by atoms with van der Waals surface area (Å²) in [5.74, 6) is -0.528. The summed E-state index contributed by atoms with van der Waals surface area (Å²) in [6.45, 7) is 1.81. The van der Waals surface area contributed by atoms with Crippen LogP contribution in [-0.4, -0.2) is 26.1 Å². The van der Waals surface area contributed by atoms with E-state index in [1.165, 1.54) is 6.07 Å². The molecule has 6 nitrogen and oxygen atoms in total. The van der Waals surface area contributed by atoms with Crippen molar-refractivity contribution in [3.8, 4) is 11.4 Å². The lowest BCUT2D eigenvalue weighted by Crippen LogP contribution is -2.30. The summed E-state index contributed by atoms with van der Waals surface area (Å²) in [6, 6.07) is 15.7. The summed E-state index contributed by atoms with van der Waals surface area (Å²) >= 11 is 0. The van der Waals surface area contributed by atoms with Gasteiger partial charge in [0, 0.05) is 0 Å². The van der Waals surface area contributed by atoms with Gasteiger partial charge >= 0.3 is 0 Å². The van der Waals surface area contributed by atoms with Gasteiger partial charge in [0.25, 0.3) is 0 Å². The van der Waals surface area contributed by atoms with Gasteiger partial charge in [0.1, 0.15) is 12.4 Å². The number of carbonyl (C=O) groups is 1. The second-order valence-electron chi connectivity index (χ2n) is 5.32. The third kappa shape index (κ3) is 3.62. The molecule has 0 aliphatic carbocycles. The molecule has 0 radical (unpaired) electrons. The number of benzene rings is 2. The molecule has 1 heterocycles. The minimum atomic E-state index is -0.431. The van der Waals surface area contributed by atoms with Crippen molar-refractivity contribution in [3.63, 3.8) is 0 Å². The molecule has 3 aromatic rings. The second kappa shape index (κ2) is 6.99. The van der Waals surface area contributed by atoms with Crippen molar-refractivity contribution >= 4 is 5.91 Å². The molecule has 0 saturated carbocycles. The molecule has 1 amide bonds. The topological polar surface area (TPSA) is 72.7 Å². The first-order valence-electron chi connectivity index (χ1n) is 7.50. The lowest BCUT2D eigenvalue weighted by molar-refractivity contribution is -0.122. The molecule has 0 bridgehead atoms. The molecule has 7 heteroatoms. The van der Waals surface area contributed by atoms with E-state index in [-0.39, 0.29) is 29.9 Å². The number of tetrazole rings is 1. The Bertz CT molecular complexity index is 834. The van der Waals surface area contributed by atoms with E-state index < -0.39 is 5.82 Å². The van der Waals surface area contributed by atoms with E-state index in [1.807, 2.05) is 37.3 Å². The molecule has 1 atom stereocenters. The fraction of sp³-hybridized carbons (Fsp3) is 0.176. The number of rotatable bonds is 5. The average molecular weight is 325 g/mol. The summed E-state index contributed by atoms with van der Waals surface area (Å²) in [6.07, 6.45) is 0. The van der Waals surface area contributed by atoms with Crippen molar-refractivity contribution in [1.29, 1.82) is 0 Å². The highest BCUT2D eigenvalue weighted by molar-refractivity contribution is 5.76. The molecule has 1 N–H and O–H groups in total. The Kier molecular flexibility index (Phi) is 4.60. The number of halogens is 1. The summed E-state index contributed by atoms with van der Waals surface area (Å²) in [4.78, 5) is 13.2. The number of amides is 1. The zero-order valence-electron chi connectivity index (χ0n) is 13.1. The van der Waals surface area contributed by atoms with Crippen LogP contribution in [0.2, 0.25) is 0 Å². The quantitative estimate of drug-likeness (QED) is 0.781. The standard InChI is InChI=1S/C17H16FN5O/c1-12(13-7-3-2-4-8-13)19-16(24)11-23-21-17(20-22-23)14-9-5-6-10-15(14)18/h2-10,12H,11H2,1H3,(H,19,24)/t12-/m0/s1. The molecule has 0 fully saturated rings. The van der Waals surface area contributed by atoms with Gasteiger partial charge in [-0.25, -0.2) is 4.39 Å². The maximum Gasteiger partial charge on any atom is 0.244 e. The minimum Gasteiger partial charge on any atom is -0.348 e. The molecule has 1 aromatic heterocycles. The predicted molar refractivity (Wildman–Crippen MR) is 86.2 cm³/mol. The number of aromatic nitrogens is 4. The van der Waals surface area contributed by atoms with Crippen LogP contribution in [0, 0.1) is 5.82 Å². The van der Waals surface area contributed by atoms with Crippen LogP contribution < -0.4 is 5.32 Å². The fourth-order valence-electron chi connectivity index (χ4n) is 2.30. The van der Waals surface area contributed by atoms with Crippen molar-refractivity contribution in [2.24, 2.45) is 0 Å². The maximum atomic E-state index is 13.7. The summed E-state index contributed by atoms with van der Waals surface area (Å²) in [5, 5.41) is 14.5. The molecule has 0 aliphatic heterocycles. The Labute approximate surface area is 138 Å². The number of carbonyl (C=O) groups excluding carboxylic acids is 1. The van der Waals surface area contributed by atoms with Crippen molar-refractivity contribution in [2.75, 3.05) is 0 Å². The highest BCUT2D eigenvalue weighted by Gasteiger charge is 2.14. The summed E-state index contributed by atoms with van der Waals surface area (Å²) in [5.41, 5.74) is 1.26. The largest absolute Gasteiger partial charge is 0.348 e. The molecule has 0 aliphatic rings. The third-order valence-corrected chi connectivity index (χ3v) is 3.53. The zero-order valence-corrected chi connectivity index (χ0v) is 13.1. The van der Waals surface area contributed by atoms with Crippen LogP contribution in [0.15, 0.2) is 54.6 Å². The van der Waals surface area contributed by atoms with Gasteiger partial charge in [0.15, 0.2) is 0 Å². The summed E-state index contributed by atoms with van der Waals surface area (Å²) in [7, 11) is 0. The molecule has 2 aromatic carbocycles. The first-order chi connectivity index (χ1) is 11.6. The second-order valence-corrected chi connectivity index (χ2v) is 5.32. The molecule has 122 valence electrons. The molecule has 0 spiro atoms. The smallest absolute Gasteiger partial charge is 0.244 e. The van der Waals surface area contributed by atoms with Gasteiger partial charge in [-0.2, -0.15) is 4.80 Å². The lowest BCUT2D eigenvalue weighted by Gasteiger charge is -2.13. The third-order valence-electron chi connectivity index (χ3n) is 3.53. The fourth-order valence-corrected chi connectivity index (χ4v) is 2.30. The van der Waals surface area contributed by atoms with E-state index in [2.05, 4.69) is 20.7 Å². The number of nitrogens with one attached hydrogen (secondary N) is 1. The molecular weight excluding hydrogens is 309 g/mol. The molecule has 0 saturated heterocycles. The van der Waals surface area contributed by atoms with Crippen LogP contribution in [0.25, 0.3) is 11.4 Å². The maximum absolute atomic E-state index is 13.7. The van der Waals surface area contributed by atoms with E-state index in [1.54, 1.807) is 18.2 Å². The molecular formula is C17H16FN5O. The first-order valence-corrected chi connectivity index (χ1v) is 7.50. The van der Waals surface area contributed by atoms with Crippen LogP contribution in [0.1, 0.15) is 18.5 Å². The average Bonchev–Trinajstić information content (AvgIpc) is 3.04. The monoisotopic (exact) mass is 325 g/mol. The summed E-state index contributed by atoms with van der Waals surface area (Å²) < 4.78 is 13.7. The van der Waals surface area contributed by atoms with E-state index in [0.29, 0.717) is 0 Å². The van der Waals surface area contributed by atoms with Crippen LogP contribution in [-0.2, 0) is 11.3 Å². The van der Waals surface area contributed by atoms with Crippen molar-refractivity contribution < 1.29 is 9.18 Å². The van der Waals surface area contributed by atoms with E-state index in [9.17, 15) is 9.18 Å². The number of nitrogens with zero attached hydrogens (tertiary/aromatic N) is 4. The van der Waals surface area contributed by atoms with Crippen LogP contribution in [0.5, 0.6) is 0 Å². The number of hydrogen-bond donors (Lipinski definition) is 1. The van der Waals surface area contributed by atoms with Gasteiger partial charge in [-0.1, -0.05) is 42.5 Å². The van der Waals surface area contributed by atoms with Crippen LogP contribution in [0.4, 0.5) is 4.39 Å². The normalized spacial score (nSPS) is 11.9. The Morgan fingerprint density at radius 3 is 2.62 bits per heavy atom. The SMILES string of the molecule is C[C@H](NC(=O)Cn1nnc(-c2ccccc2F)n1)c1ccccc1. The van der Waals surface area contributed by atoms with Gasteiger partial charge in [-0.05, 0) is 29.8 Å². The predicted octanol–water partition coefficient (Wildman–Crippen LogP) is 2.36. The van der Waals surface area contributed by atoms with E-state index >= 15 is 0 Å². The van der Waals surface area contributed by atoms with Crippen LogP contribution in [0.3, 0.4) is 0 Å². The van der Waals surface area contributed by atoms with Gasteiger partial charge in [0.2, 0.25) is 11.7 Å². The van der Waals surface area contributed by atoms with E-state index in [0.717, 1.165) is 10.4 Å². The molecule has 3 rings (SSSR count). The number of hydrogen-bond acceptors (Lipinski definition) is 4. The van der Waals surface area contributed by atoms with Crippen molar-refractivity contribution in [2.45, 2.75) is 19.5 Å². The Balaban J connectivity index is 1.65. The Hall–Kier alpha value is -3.09. The van der Waals surface area contributed by atoms with Crippen molar-refractivity contribution in [3.05, 3.63) is 66.0 Å². The minimum absolute atomic E-state index is 0.0847. The highest BCUT2D eigenvalue weighted by Crippen LogP contribution is 2.17. The van der Waals surface area contributed by atoms with Gasteiger partial charge in [0.05, 0.1) is 11.6 Å².